The molecule has 0 unspecified atom stereocenters. The molecule has 1 amide bonds. The van der Waals surface area contributed by atoms with Gasteiger partial charge in [0, 0.05) is 24.8 Å². The van der Waals surface area contributed by atoms with E-state index in [0.717, 1.165) is 29.9 Å². The molecule has 0 spiro atoms. The summed E-state index contributed by atoms with van der Waals surface area (Å²) in [6.07, 6.45) is 1.40. The van der Waals surface area contributed by atoms with Crippen LogP contribution in [0, 0.1) is 13.8 Å². The summed E-state index contributed by atoms with van der Waals surface area (Å²) in [7, 11) is 4.01. The van der Waals surface area contributed by atoms with Crippen LogP contribution >= 0.6 is 0 Å². The van der Waals surface area contributed by atoms with Crippen molar-refractivity contribution in [2.45, 2.75) is 13.8 Å². The molecule has 0 aliphatic carbocycles. The number of benzene rings is 1. The molecule has 2 aromatic rings. The molecule has 0 fully saturated rings. The third-order valence-corrected chi connectivity index (χ3v) is 3.39. The zero-order chi connectivity index (χ0) is 16.8. The third kappa shape index (κ3) is 5.03. The van der Waals surface area contributed by atoms with E-state index in [2.05, 4.69) is 25.5 Å². The molecule has 0 radical (unpaired) electrons. The van der Waals surface area contributed by atoms with Crippen molar-refractivity contribution in [2.24, 2.45) is 0 Å². The quantitative estimate of drug-likeness (QED) is 0.856. The maximum atomic E-state index is 12.3. The molecule has 0 aliphatic heterocycles. The molecule has 1 aromatic carbocycles. The van der Waals surface area contributed by atoms with Crippen molar-refractivity contribution < 1.29 is 4.79 Å². The number of anilines is 2. The lowest BCUT2D eigenvalue weighted by molar-refractivity contribution is 0.102. The molecule has 122 valence electrons. The Morgan fingerprint density at radius 2 is 1.96 bits per heavy atom. The highest BCUT2D eigenvalue weighted by atomic mass is 16.1. The zero-order valence-corrected chi connectivity index (χ0v) is 14.1. The smallest absolute Gasteiger partial charge is 0.274 e. The lowest BCUT2D eigenvalue weighted by Gasteiger charge is -2.11. The van der Waals surface area contributed by atoms with Gasteiger partial charge in [-0.2, -0.15) is 0 Å². The summed E-state index contributed by atoms with van der Waals surface area (Å²) in [6, 6.07) is 7.56. The maximum Gasteiger partial charge on any atom is 0.274 e. The molecule has 0 aliphatic rings. The maximum absolute atomic E-state index is 12.3. The van der Waals surface area contributed by atoms with Gasteiger partial charge in [-0.1, -0.05) is 17.7 Å². The fourth-order valence-electron chi connectivity index (χ4n) is 2.13. The Labute approximate surface area is 137 Å². The SMILES string of the molecule is Cc1ccc(NC(=O)c2cc(NCCN(C)C)ncn2)c(C)c1. The van der Waals surface area contributed by atoms with Gasteiger partial charge in [-0.25, -0.2) is 9.97 Å². The highest BCUT2D eigenvalue weighted by molar-refractivity contribution is 6.03. The number of rotatable bonds is 6. The van der Waals surface area contributed by atoms with E-state index in [9.17, 15) is 4.79 Å². The molecule has 2 N–H and O–H groups in total. The molecule has 6 nitrogen and oxygen atoms in total. The Balaban J connectivity index is 2.04. The topological polar surface area (TPSA) is 70.2 Å². The number of nitrogens with one attached hydrogen (secondary N) is 2. The van der Waals surface area contributed by atoms with E-state index in [1.54, 1.807) is 6.07 Å². The van der Waals surface area contributed by atoms with Crippen LogP contribution in [0.25, 0.3) is 0 Å². The second-order valence-electron chi connectivity index (χ2n) is 5.79. The predicted octanol–water partition coefficient (Wildman–Crippen LogP) is 2.32. The first-order valence-electron chi connectivity index (χ1n) is 7.55. The summed E-state index contributed by atoms with van der Waals surface area (Å²) in [5, 5.41) is 6.07. The van der Waals surface area contributed by atoms with Gasteiger partial charge < -0.3 is 15.5 Å². The fraction of sp³-hybridized carbons (Fsp3) is 0.353. The number of hydrogen-bond acceptors (Lipinski definition) is 5. The van der Waals surface area contributed by atoms with Crippen molar-refractivity contribution in [3.05, 3.63) is 47.4 Å². The zero-order valence-electron chi connectivity index (χ0n) is 14.1. The van der Waals surface area contributed by atoms with E-state index < -0.39 is 0 Å². The van der Waals surface area contributed by atoms with E-state index in [4.69, 9.17) is 0 Å². The van der Waals surface area contributed by atoms with E-state index in [1.165, 1.54) is 6.33 Å². The molecule has 0 saturated heterocycles. The Morgan fingerprint density at radius 1 is 1.17 bits per heavy atom. The van der Waals surface area contributed by atoms with Crippen LogP contribution in [0.4, 0.5) is 11.5 Å². The van der Waals surface area contributed by atoms with Gasteiger partial charge in [-0.3, -0.25) is 4.79 Å². The second kappa shape index (κ2) is 7.69. The highest BCUT2D eigenvalue weighted by Gasteiger charge is 2.10. The first-order valence-corrected chi connectivity index (χ1v) is 7.55. The molecule has 1 aromatic heterocycles. The van der Waals surface area contributed by atoms with Gasteiger partial charge in [0.15, 0.2) is 0 Å². The molecule has 0 saturated carbocycles. The number of likely N-dealkylation sites (N-methyl/N-ethyl adjacent to an activating group) is 1. The number of aromatic nitrogens is 2. The minimum Gasteiger partial charge on any atom is -0.369 e. The number of nitrogens with zero attached hydrogens (tertiary/aromatic N) is 3. The molecular formula is C17H23N5O. The van der Waals surface area contributed by atoms with Gasteiger partial charge in [-0.15, -0.1) is 0 Å². The van der Waals surface area contributed by atoms with Crippen molar-refractivity contribution in [3.8, 4) is 0 Å². The second-order valence-corrected chi connectivity index (χ2v) is 5.79. The lowest BCUT2D eigenvalue weighted by atomic mass is 10.1. The molecule has 0 bridgehead atoms. The fourth-order valence-corrected chi connectivity index (χ4v) is 2.13. The number of amides is 1. The molecular weight excluding hydrogens is 290 g/mol. The largest absolute Gasteiger partial charge is 0.369 e. The first-order chi connectivity index (χ1) is 11.0. The standard InChI is InChI=1S/C17H23N5O/c1-12-5-6-14(13(2)9-12)21-17(23)15-10-16(20-11-19-15)18-7-8-22(3)4/h5-6,9-11H,7-8H2,1-4H3,(H,21,23)(H,18,19,20). The van der Waals surface area contributed by atoms with Gasteiger partial charge >= 0.3 is 0 Å². The van der Waals surface area contributed by atoms with E-state index in [-0.39, 0.29) is 5.91 Å². The van der Waals surface area contributed by atoms with Crippen molar-refractivity contribution in [3.63, 3.8) is 0 Å². The molecule has 23 heavy (non-hydrogen) atoms. The number of carbonyl (C=O) groups is 1. The molecule has 1 heterocycles. The van der Waals surface area contributed by atoms with Crippen LogP contribution in [0.2, 0.25) is 0 Å². The van der Waals surface area contributed by atoms with Crippen LogP contribution in [0.15, 0.2) is 30.6 Å². The number of hydrogen-bond donors (Lipinski definition) is 2. The minimum atomic E-state index is -0.241. The summed E-state index contributed by atoms with van der Waals surface area (Å²) >= 11 is 0. The van der Waals surface area contributed by atoms with Crippen molar-refractivity contribution >= 4 is 17.4 Å². The summed E-state index contributed by atoms with van der Waals surface area (Å²) in [6.45, 7) is 5.63. The average Bonchev–Trinajstić information content (AvgIpc) is 2.50. The van der Waals surface area contributed by atoms with E-state index >= 15 is 0 Å². The summed E-state index contributed by atoms with van der Waals surface area (Å²) in [5.41, 5.74) is 3.32. The van der Waals surface area contributed by atoms with Crippen molar-refractivity contribution in [1.29, 1.82) is 0 Å². The van der Waals surface area contributed by atoms with Crippen LogP contribution in [0.1, 0.15) is 21.6 Å². The average molecular weight is 313 g/mol. The van der Waals surface area contributed by atoms with Crippen LogP contribution < -0.4 is 10.6 Å². The van der Waals surface area contributed by atoms with Crippen molar-refractivity contribution in [2.75, 3.05) is 37.8 Å². The Hall–Kier alpha value is -2.47. The van der Waals surface area contributed by atoms with Crippen molar-refractivity contribution in [1.82, 2.24) is 14.9 Å². The first kappa shape index (κ1) is 16.9. The molecule has 0 atom stereocenters. The van der Waals surface area contributed by atoms with Gasteiger partial charge in [0.1, 0.15) is 17.8 Å². The monoisotopic (exact) mass is 313 g/mol. The van der Waals surface area contributed by atoms with Gasteiger partial charge in [-0.05, 0) is 39.6 Å². The minimum absolute atomic E-state index is 0.241. The number of aryl methyl sites for hydroxylation is 2. The third-order valence-electron chi connectivity index (χ3n) is 3.39. The Bertz CT molecular complexity index is 684. The summed E-state index contributed by atoms with van der Waals surface area (Å²) in [5.74, 6) is 0.405. The predicted molar refractivity (Wildman–Crippen MR) is 92.9 cm³/mol. The van der Waals surface area contributed by atoms with E-state index in [0.29, 0.717) is 11.5 Å². The summed E-state index contributed by atoms with van der Waals surface area (Å²) in [4.78, 5) is 22.6. The van der Waals surface area contributed by atoms with Gasteiger partial charge in [0.25, 0.3) is 5.91 Å². The molecule has 6 heteroatoms. The van der Waals surface area contributed by atoms with Gasteiger partial charge in [0.2, 0.25) is 0 Å². The Kier molecular flexibility index (Phi) is 5.65. The van der Waals surface area contributed by atoms with Gasteiger partial charge in [0.05, 0.1) is 0 Å². The van der Waals surface area contributed by atoms with Crippen LogP contribution in [0.3, 0.4) is 0 Å². The normalized spacial score (nSPS) is 10.7. The van der Waals surface area contributed by atoms with Crippen LogP contribution in [-0.4, -0.2) is 48.0 Å². The summed E-state index contributed by atoms with van der Waals surface area (Å²) < 4.78 is 0. The van der Waals surface area contributed by atoms with Crippen LogP contribution in [0.5, 0.6) is 0 Å². The molecule has 2 rings (SSSR count). The number of carbonyl (C=O) groups excluding carboxylic acids is 1. The van der Waals surface area contributed by atoms with Crippen LogP contribution in [-0.2, 0) is 0 Å². The highest BCUT2D eigenvalue weighted by Crippen LogP contribution is 2.17. The lowest BCUT2D eigenvalue weighted by Crippen LogP contribution is -2.21. The van der Waals surface area contributed by atoms with E-state index in [1.807, 2.05) is 46.1 Å². The Morgan fingerprint density at radius 3 is 2.65 bits per heavy atom.